The Labute approximate surface area is 104 Å². The Morgan fingerprint density at radius 3 is 2.94 bits per heavy atom. The van der Waals surface area contributed by atoms with E-state index in [2.05, 4.69) is 15.6 Å². The number of thiazole rings is 1. The Kier molecular flexibility index (Phi) is 3.54. The van der Waals surface area contributed by atoms with Crippen LogP contribution in [0.5, 0.6) is 0 Å². The molecule has 1 aromatic heterocycles. The van der Waals surface area contributed by atoms with Gasteiger partial charge in [-0.3, -0.25) is 20.2 Å². The van der Waals surface area contributed by atoms with Gasteiger partial charge in [0.15, 0.2) is 0 Å². The summed E-state index contributed by atoms with van der Waals surface area (Å²) in [7, 11) is 0. The maximum atomic E-state index is 11.6. The van der Waals surface area contributed by atoms with Crippen LogP contribution in [0.1, 0.15) is 36.4 Å². The van der Waals surface area contributed by atoms with Gasteiger partial charge in [-0.25, -0.2) is 4.98 Å². The Morgan fingerprint density at radius 1 is 1.59 bits per heavy atom. The van der Waals surface area contributed by atoms with Crippen LogP contribution in [0, 0.1) is 6.92 Å². The second-order valence-corrected chi connectivity index (χ2v) is 5.08. The van der Waals surface area contributed by atoms with E-state index in [9.17, 15) is 9.59 Å². The Hall–Kier alpha value is -1.27. The molecule has 0 radical (unpaired) electrons. The van der Waals surface area contributed by atoms with E-state index in [1.165, 1.54) is 0 Å². The summed E-state index contributed by atoms with van der Waals surface area (Å²) >= 11 is 1.58. The Balaban J connectivity index is 1.99. The molecule has 2 heterocycles. The zero-order valence-corrected chi connectivity index (χ0v) is 10.6. The first-order valence-corrected chi connectivity index (χ1v) is 6.45. The number of rotatable bonds is 3. The number of nitrogens with one attached hydrogen (secondary N) is 2. The predicted molar refractivity (Wildman–Crippen MR) is 64.6 cm³/mol. The molecule has 0 bridgehead atoms. The van der Waals surface area contributed by atoms with E-state index >= 15 is 0 Å². The number of carbonyl (C=O) groups is 2. The van der Waals surface area contributed by atoms with Gasteiger partial charge in [0.25, 0.3) is 0 Å². The van der Waals surface area contributed by atoms with Crippen molar-refractivity contribution in [1.82, 2.24) is 15.6 Å². The van der Waals surface area contributed by atoms with Crippen molar-refractivity contribution in [2.24, 2.45) is 0 Å². The van der Waals surface area contributed by atoms with Gasteiger partial charge in [-0.2, -0.15) is 0 Å². The number of piperidine rings is 1. The largest absolute Gasteiger partial charge is 0.298 e. The van der Waals surface area contributed by atoms with Gasteiger partial charge in [-0.05, 0) is 20.3 Å². The van der Waals surface area contributed by atoms with Crippen LogP contribution in [0.15, 0.2) is 5.51 Å². The van der Waals surface area contributed by atoms with Gasteiger partial charge in [0, 0.05) is 17.3 Å². The first-order chi connectivity index (χ1) is 8.08. The Bertz CT molecular complexity index is 444. The zero-order chi connectivity index (χ0) is 12.4. The highest BCUT2D eigenvalue weighted by Gasteiger charge is 2.28. The van der Waals surface area contributed by atoms with Crippen LogP contribution in [-0.2, 0) is 9.59 Å². The third-order valence-corrected chi connectivity index (χ3v) is 3.98. The molecule has 0 spiro atoms. The Morgan fingerprint density at radius 2 is 2.35 bits per heavy atom. The minimum atomic E-state index is -0.288. The summed E-state index contributed by atoms with van der Waals surface area (Å²) in [6.07, 6.45) is 0.963. The van der Waals surface area contributed by atoms with E-state index in [1.54, 1.807) is 16.8 Å². The molecular formula is C11H15N3O2S. The summed E-state index contributed by atoms with van der Waals surface area (Å²) in [5.41, 5.74) is 2.79. The summed E-state index contributed by atoms with van der Waals surface area (Å²) in [6, 6.07) is -0.212. The summed E-state index contributed by atoms with van der Waals surface area (Å²) < 4.78 is 0. The van der Waals surface area contributed by atoms with Crippen LogP contribution in [0.3, 0.4) is 0 Å². The van der Waals surface area contributed by atoms with Crippen molar-refractivity contribution in [3.63, 3.8) is 0 Å². The van der Waals surface area contributed by atoms with Gasteiger partial charge in [0.1, 0.15) is 0 Å². The minimum absolute atomic E-state index is 0.0754. The minimum Gasteiger partial charge on any atom is -0.298 e. The molecule has 2 amide bonds. The SMILES string of the molecule is Cc1ncsc1C(C)NC1CCC(=O)NC1=O. The predicted octanol–water partition coefficient (Wildman–Crippen LogP) is 0.907. The molecule has 1 aliphatic heterocycles. The van der Waals surface area contributed by atoms with E-state index in [1.807, 2.05) is 13.8 Å². The van der Waals surface area contributed by atoms with Gasteiger partial charge < -0.3 is 0 Å². The number of amides is 2. The first-order valence-electron chi connectivity index (χ1n) is 5.57. The van der Waals surface area contributed by atoms with Crippen LogP contribution in [0.2, 0.25) is 0 Å². The summed E-state index contributed by atoms with van der Waals surface area (Å²) in [4.78, 5) is 27.9. The molecule has 92 valence electrons. The molecule has 1 aliphatic rings. The van der Waals surface area contributed by atoms with E-state index in [0.29, 0.717) is 12.8 Å². The fourth-order valence-corrected chi connectivity index (χ4v) is 2.78. The van der Waals surface area contributed by atoms with Crippen molar-refractivity contribution in [2.75, 3.05) is 0 Å². The highest BCUT2D eigenvalue weighted by molar-refractivity contribution is 7.09. The summed E-state index contributed by atoms with van der Waals surface area (Å²) in [5, 5.41) is 5.58. The zero-order valence-electron chi connectivity index (χ0n) is 9.82. The standard InChI is InChI=1S/C11H15N3O2S/c1-6-10(17-5-12-6)7(2)13-8-3-4-9(15)14-11(8)16/h5,7-8,13H,3-4H2,1-2H3,(H,14,15,16). The van der Waals surface area contributed by atoms with Crippen molar-refractivity contribution in [3.05, 3.63) is 16.1 Å². The number of nitrogens with zero attached hydrogens (tertiary/aromatic N) is 1. The average molecular weight is 253 g/mol. The fourth-order valence-electron chi connectivity index (χ4n) is 1.96. The van der Waals surface area contributed by atoms with Gasteiger partial charge in [0.05, 0.1) is 17.2 Å². The molecule has 0 saturated carbocycles. The molecule has 2 rings (SSSR count). The molecule has 0 aromatic carbocycles. The van der Waals surface area contributed by atoms with E-state index in [0.717, 1.165) is 10.6 Å². The highest BCUT2D eigenvalue weighted by atomic mass is 32.1. The van der Waals surface area contributed by atoms with Crippen LogP contribution < -0.4 is 10.6 Å². The van der Waals surface area contributed by atoms with Crippen molar-refractivity contribution in [3.8, 4) is 0 Å². The van der Waals surface area contributed by atoms with Gasteiger partial charge in [-0.1, -0.05) is 0 Å². The molecule has 5 nitrogen and oxygen atoms in total. The second kappa shape index (κ2) is 4.93. The third-order valence-electron chi connectivity index (χ3n) is 2.87. The molecule has 1 aromatic rings. The van der Waals surface area contributed by atoms with Gasteiger partial charge in [-0.15, -0.1) is 11.3 Å². The monoisotopic (exact) mass is 253 g/mol. The quantitative estimate of drug-likeness (QED) is 0.785. The third kappa shape index (κ3) is 2.70. The highest BCUT2D eigenvalue weighted by Crippen LogP contribution is 2.22. The second-order valence-electron chi connectivity index (χ2n) is 4.19. The number of aryl methyl sites for hydroxylation is 1. The first kappa shape index (κ1) is 12.2. The van der Waals surface area contributed by atoms with Crippen molar-refractivity contribution >= 4 is 23.2 Å². The van der Waals surface area contributed by atoms with Crippen molar-refractivity contribution in [1.29, 1.82) is 0 Å². The van der Waals surface area contributed by atoms with E-state index in [4.69, 9.17) is 0 Å². The van der Waals surface area contributed by atoms with Crippen LogP contribution in [-0.4, -0.2) is 22.8 Å². The lowest BCUT2D eigenvalue weighted by molar-refractivity contribution is -0.134. The average Bonchev–Trinajstić information content (AvgIpc) is 2.68. The van der Waals surface area contributed by atoms with E-state index < -0.39 is 0 Å². The molecule has 1 saturated heterocycles. The number of imide groups is 1. The van der Waals surface area contributed by atoms with Crippen LogP contribution >= 0.6 is 11.3 Å². The van der Waals surface area contributed by atoms with Crippen LogP contribution in [0.4, 0.5) is 0 Å². The molecule has 17 heavy (non-hydrogen) atoms. The van der Waals surface area contributed by atoms with Crippen molar-refractivity contribution in [2.45, 2.75) is 38.8 Å². The molecule has 2 unspecified atom stereocenters. The summed E-state index contributed by atoms with van der Waals surface area (Å²) in [6.45, 7) is 3.96. The number of carbonyl (C=O) groups excluding carboxylic acids is 2. The number of hydrogen-bond acceptors (Lipinski definition) is 5. The lowest BCUT2D eigenvalue weighted by Gasteiger charge is -2.25. The molecule has 6 heteroatoms. The molecular weight excluding hydrogens is 238 g/mol. The lowest BCUT2D eigenvalue weighted by Crippen LogP contribution is -2.51. The maximum absolute atomic E-state index is 11.6. The molecule has 2 atom stereocenters. The number of hydrogen-bond donors (Lipinski definition) is 2. The van der Waals surface area contributed by atoms with Gasteiger partial charge >= 0.3 is 0 Å². The summed E-state index contributed by atoms with van der Waals surface area (Å²) in [5.74, 6) is -0.412. The number of aromatic nitrogens is 1. The van der Waals surface area contributed by atoms with Gasteiger partial charge in [0.2, 0.25) is 11.8 Å². The lowest BCUT2D eigenvalue weighted by atomic mass is 10.0. The normalized spacial score (nSPS) is 22.4. The molecule has 0 aliphatic carbocycles. The van der Waals surface area contributed by atoms with Crippen molar-refractivity contribution < 1.29 is 9.59 Å². The maximum Gasteiger partial charge on any atom is 0.243 e. The van der Waals surface area contributed by atoms with Crippen LogP contribution in [0.25, 0.3) is 0 Å². The molecule has 2 N–H and O–H groups in total. The van der Waals surface area contributed by atoms with E-state index in [-0.39, 0.29) is 23.9 Å². The molecule has 1 fully saturated rings. The smallest absolute Gasteiger partial charge is 0.243 e. The topological polar surface area (TPSA) is 71.1 Å². The fraction of sp³-hybridized carbons (Fsp3) is 0.545.